The Hall–Kier alpha value is -2.47. The number of thiocarbonyl (C=S) groups is 1. The fourth-order valence-electron chi connectivity index (χ4n) is 2.24. The number of nitrogens with zero attached hydrogens (tertiary/aromatic N) is 3. The van der Waals surface area contributed by atoms with Crippen LogP contribution in [0.25, 0.3) is 6.08 Å². The van der Waals surface area contributed by atoms with E-state index >= 15 is 0 Å². The molecule has 0 spiro atoms. The number of aromatic nitrogens is 2. The number of para-hydroxylation sites is 1. The van der Waals surface area contributed by atoms with Crippen LogP contribution in [0.4, 0.5) is 5.69 Å². The van der Waals surface area contributed by atoms with Gasteiger partial charge in [0.05, 0.1) is 11.4 Å². The van der Waals surface area contributed by atoms with Crippen molar-refractivity contribution in [1.29, 1.82) is 0 Å². The van der Waals surface area contributed by atoms with E-state index in [1.165, 1.54) is 4.90 Å². The second-order valence-corrected chi connectivity index (χ2v) is 5.18. The molecule has 1 amide bonds. The SMILES string of the molecule is Cc1ccccc1N1C(=O)/C(=C\c2ccnn2C)NC1=S. The highest BCUT2D eigenvalue weighted by molar-refractivity contribution is 7.80. The Morgan fingerprint density at radius 2 is 2.05 bits per heavy atom. The first-order valence-electron chi connectivity index (χ1n) is 6.48. The normalized spacial score (nSPS) is 16.7. The molecule has 1 fully saturated rings. The van der Waals surface area contributed by atoms with E-state index < -0.39 is 0 Å². The molecular weight excluding hydrogens is 284 g/mol. The van der Waals surface area contributed by atoms with Gasteiger partial charge in [0, 0.05) is 13.2 Å². The molecule has 6 heteroatoms. The molecule has 0 bridgehead atoms. The molecule has 3 rings (SSSR count). The largest absolute Gasteiger partial charge is 0.327 e. The monoisotopic (exact) mass is 298 g/mol. The lowest BCUT2D eigenvalue weighted by Gasteiger charge is -2.16. The molecule has 0 atom stereocenters. The molecule has 2 aromatic rings. The van der Waals surface area contributed by atoms with Crippen LogP contribution in [0.15, 0.2) is 42.2 Å². The van der Waals surface area contributed by atoms with Gasteiger partial charge in [-0.1, -0.05) is 18.2 Å². The number of carbonyl (C=O) groups excluding carboxylic acids is 1. The number of rotatable bonds is 2. The molecule has 21 heavy (non-hydrogen) atoms. The molecule has 1 aliphatic rings. The van der Waals surface area contributed by atoms with E-state index in [2.05, 4.69) is 10.4 Å². The molecular formula is C15H14N4OS. The van der Waals surface area contributed by atoms with Gasteiger partial charge >= 0.3 is 0 Å². The summed E-state index contributed by atoms with van der Waals surface area (Å²) in [6.45, 7) is 1.95. The van der Waals surface area contributed by atoms with E-state index in [-0.39, 0.29) is 5.91 Å². The van der Waals surface area contributed by atoms with Crippen molar-refractivity contribution in [3.05, 3.63) is 53.5 Å². The Morgan fingerprint density at radius 3 is 2.71 bits per heavy atom. The van der Waals surface area contributed by atoms with Gasteiger partial charge in [-0.15, -0.1) is 0 Å². The quantitative estimate of drug-likeness (QED) is 0.680. The summed E-state index contributed by atoms with van der Waals surface area (Å²) in [5.41, 5.74) is 3.08. The van der Waals surface area contributed by atoms with Crippen LogP contribution in [-0.2, 0) is 11.8 Å². The molecule has 2 heterocycles. The predicted molar refractivity (Wildman–Crippen MR) is 85.6 cm³/mol. The number of amides is 1. The van der Waals surface area contributed by atoms with Crippen LogP contribution in [0.2, 0.25) is 0 Å². The first-order valence-corrected chi connectivity index (χ1v) is 6.89. The number of hydrogen-bond donors (Lipinski definition) is 1. The fraction of sp³-hybridized carbons (Fsp3) is 0.133. The van der Waals surface area contributed by atoms with Gasteiger partial charge in [0.2, 0.25) is 0 Å². The van der Waals surface area contributed by atoms with Crippen molar-refractivity contribution in [1.82, 2.24) is 15.1 Å². The predicted octanol–water partition coefficient (Wildman–Crippen LogP) is 1.99. The van der Waals surface area contributed by atoms with Gasteiger partial charge in [-0.05, 0) is 42.9 Å². The maximum atomic E-state index is 12.6. The van der Waals surface area contributed by atoms with Crippen molar-refractivity contribution in [2.24, 2.45) is 7.05 Å². The number of carbonyl (C=O) groups is 1. The highest BCUT2D eigenvalue weighted by Crippen LogP contribution is 2.25. The first-order chi connectivity index (χ1) is 10.1. The topological polar surface area (TPSA) is 50.2 Å². The third-order valence-electron chi connectivity index (χ3n) is 3.39. The van der Waals surface area contributed by atoms with Gasteiger partial charge in [-0.25, -0.2) is 0 Å². The summed E-state index contributed by atoms with van der Waals surface area (Å²) >= 11 is 5.30. The van der Waals surface area contributed by atoms with E-state index in [1.807, 2.05) is 44.3 Å². The highest BCUT2D eigenvalue weighted by Gasteiger charge is 2.32. The second kappa shape index (κ2) is 5.14. The lowest BCUT2D eigenvalue weighted by Crippen LogP contribution is -2.30. The molecule has 1 saturated heterocycles. The van der Waals surface area contributed by atoms with Gasteiger partial charge in [0.1, 0.15) is 5.70 Å². The van der Waals surface area contributed by atoms with Crippen molar-refractivity contribution in [3.63, 3.8) is 0 Å². The van der Waals surface area contributed by atoms with Gasteiger partial charge in [-0.2, -0.15) is 5.10 Å². The van der Waals surface area contributed by atoms with Gasteiger partial charge in [0.25, 0.3) is 5.91 Å². The summed E-state index contributed by atoms with van der Waals surface area (Å²) < 4.78 is 1.70. The third kappa shape index (κ3) is 2.34. The van der Waals surface area contributed by atoms with Crippen molar-refractivity contribution in [2.75, 3.05) is 4.90 Å². The molecule has 1 aromatic heterocycles. The first kappa shape index (κ1) is 13.5. The summed E-state index contributed by atoms with van der Waals surface area (Å²) in [6, 6.07) is 9.49. The van der Waals surface area contributed by atoms with Crippen LogP contribution in [0.1, 0.15) is 11.3 Å². The minimum atomic E-state index is -0.157. The van der Waals surface area contributed by atoms with Crippen molar-refractivity contribution >= 4 is 35.0 Å². The molecule has 1 aliphatic heterocycles. The highest BCUT2D eigenvalue weighted by atomic mass is 32.1. The zero-order valence-corrected chi connectivity index (χ0v) is 12.5. The van der Waals surface area contributed by atoms with E-state index in [0.29, 0.717) is 10.8 Å². The fourth-order valence-corrected chi connectivity index (χ4v) is 2.53. The summed E-state index contributed by atoms with van der Waals surface area (Å²) in [5, 5.41) is 7.44. The standard InChI is InChI=1S/C15H14N4OS/c1-10-5-3-4-6-13(10)19-14(20)12(17-15(19)21)9-11-7-8-16-18(11)2/h3-9H,1-2H3,(H,17,21)/b12-9+. The summed E-state index contributed by atoms with van der Waals surface area (Å²) in [4.78, 5) is 14.1. The molecule has 0 aliphatic carbocycles. The van der Waals surface area contributed by atoms with Crippen LogP contribution in [0, 0.1) is 6.92 Å². The molecule has 0 radical (unpaired) electrons. The van der Waals surface area contributed by atoms with E-state index in [4.69, 9.17) is 12.2 Å². The van der Waals surface area contributed by atoms with E-state index in [9.17, 15) is 4.79 Å². The smallest absolute Gasteiger partial charge is 0.281 e. The Morgan fingerprint density at radius 1 is 1.29 bits per heavy atom. The average Bonchev–Trinajstić information content (AvgIpc) is 2.97. The lowest BCUT2D eigenvalue weighted by molar-refractivity contribution is -0.113. The van der Waals surface area contributed by atoms with Crippen molar-refractivity contribution < 1.29 is 4.79 Å². The Bertz CT molecular complexity index is 763. The third-order valence-corrected chi connectivity index (χ3v) is 3.67. The van der Waals surface area contributed by atoms with E-state index in [1.54, 1.807) is 17.0 Å². The van der Waals surface area contributed by atoms with Crippen molar-refractivity contribution in [3.8, 4) is 0 Å². The van der Waals surface area contributed by atoms with Gasteiger partial charge < -0.3 is 5.32 Å². The number of nitrogens with one attached hydrogen (secondary N) is 1. The number of anilines is 1. The Kier molecular flexibility index (Phi) is 3.31. The number of aryl methyl sites for hydroxylation is 2. The maximum Gasteiger partial charge on any atom is 0.281 e. The average molecular weight is 298 g/mol. The van der Waals surface area contributed by atoms with Crippen LogP contribution in [-0.4, -0.2) is 20.8 Å². The zero-order valence-electron chi connectivity index (χ0n) is 11.7. The summed E-state index contributed by atoms with van der Waals surface area (Å²) in [7, 11) is 1.82. The van der Waals surface area contributed by atoms with Crippen LogP contribution >= 0.6 is 12.2 Å². The number of hydrogen-bond acceptors (Lipinski definition) is 3. The van der Waals surface area contributed by atoms with Crippen LogP contribution in [0.3, 0.4) is 0 Å². The minimum Gasteiger partial charge on any atom is -0.327 e. The Labute approximate surface area is 127 Å². The number of benzene rings is 1. The van der Waals surface area contributed by atoms with Gasteiger partial charge in [-0.3, -0.25) is 14.4 Å². The summed E-state index contributed by atoms with van der Waals surface area (Å²) in [5.74, 6) is -0.157. The molecule has 1 N–H and O–H groups in total. The molecule has 1 aromatic carbocycles. The second-order valence-electron chi connectivity index (χ2n) is 4.79. The summed E-state index contributed by atoms with van der Waals surface area (Å²) in [6.07, 6.45) is 3.43. The minimum absolute atomic E-state index is 0.157. The molecule has 0 saturated carbocycles. The van der Waals surface area contributed by atoms with Crippen molar-refractivity contribution in [2.45, 2.75) is 6.92 Å². The zero-order chi connectivity index (χ0) is 15.0. The van der Waals surface area contributed by atoms with E-state index in [0.717, 1.165) is 16.9 Å². The van der Waals surface area contributed by atoms with Crippen LogP contribution in [0.5, 0.6) is 0 Å². The molecule has 0 unspecified atom stereocenters. The maximum absolute atomic E-state index is 12.6. The van der Waals surface area contributed by atoms with Gasteiger partial charge in [0.15, 0.2) is 5.11 Å². The molecule has 5 nitrogen and oxygen atoms in total. The van der Waals surface area contributed by atoms with Crippen LogP contribution < -0.4 is 10.2 Å². The lowest BCUT2D eigenvalue weighted by atomic mass is 10.2. The molecule has 106 valence electrons. The Balaban J connectivity index is 1.99.